The van der Waals surface area contributed by atoms with Crippen LogP contribution in [0.5, 0.6) is 5.75 Å². The molecule has 1 saturated heterocycles. The molecule has 2 bridgehead atoms. The third-order valence-corrected chi connectivity index (χ3v) is 14.2. The number of halogens is 1. The molecule has 0 aromatic heterocycles. The molecule has 2 aromatic carbocycles. The van der Waals surface area contributed by atoms with Crippen LogP contribution in [-0.2, 0) is 32.5 Å². The molecule has 3 heterocycles. The number of nitrogens with one attached hydrogen (secondary N) is 1. The van der Waals surface area contributed by atoms with E-state index in [-0.39, 0.29) is 24.2 Å². The lowest BCUT2D eigenvalue weighted by molar-refractivity contribution is -0.243. The fourth-order valence-corrected chi connectivity index (χ4v) is 10.0. The first-order valence-corrected chi connectivity index (χ1v) is 20.8. The maximum absolute atomic E-state index is 13.5. The first-order chi connectivity index (χ1) is 24.1. The Kier molecular flexibility index (Phi) is 12.4. The van der Waals surface area contributed by atoms with Crippen LogP contribution >= 0.6 is 11.6 Å². The van der Waals surface area contributed by atoms with Gasteiger partial charge in [-0.05, 0) is 124 Å². The van der Waals surface area contributed by atoms with Crippen LogP contribution in [0, 0.1) is 23.7 Å². The summed E-state index contributed by atoms with van der Waals surface area (Å²) in [7, 11) is -3.91. The molecule has 4 aliphatic rings. The van der Waals surface area contributed by atoms with Gasteiger partial charge in [-0.15, -0.1) is 0 Å². The molecule has 0 spiro atoms. The molecule has 1 N–H and O–H groups in total. The van der Waals surface area contributed by atoms with Crippen LogP contribution in [0.4, 0.5) is 5.69 Å². The van der Waals surface area contributed by atoms with Crippen molar-refractivity contribution in [1.82, 2.24) is 9.62 Å². The van der Waals surface area contributed by atoms with Crippen LogP contribution in [0.15, 0.2) is 36.4 Å². The molecule has 1 saturated carbocycles. The van der Waals surface area contributed by atoms with Crippen LogP contribution < -0.4 is 14.4 Å². The van der Waals surface area contributed by atoms with Gasteiger partial charge in [-0.3, -0.25) is 9.69 Å². The Morgan fingerprint density at radius 3 is 2.42 bits per heavy atom. The van der Waals surface area contributed by atoms with Crippen molar-refractivity contribution in [2.24, 2.45) is 23.7 Å². The van der Waals surface area contributed by atoms with Gasteiger partial charge in [0.25, 0.3) is 5.91 Å². The first-order valence-electron chi connectivity index (χ1n) is 18.9. The number of rotatable bonds is 4. The molecule has 3 aliphatic heterocycles. The van der Waals surface area contributed by atoms with Crippen molar-refractivity contribution >= 4 is 33.2 Å². The fourth-order valence-electron chi connectivity index (χ4n) is 8.50. The van der Waals surface area contributed by atoms with E-state index in [2.05, 4.69) is 28.4 Å². The monoisotopic (exact) mass is 729 g/mol. The van der Waals surface area contributed by atoms with Gasteiger partial charge in [0, 0.05) is 29.6 Å². The van der Waals surface area contributed by atoms with Gasteiger partial charge < -0.3 is 19.1 Å². The number of amides is 1. The van der Waals surface area contributed by atoms with E-state index < -0.39 is 21.2 Å². The Bertz CT molecular complexity index is 1580. The van der Waals surface area contributed by atoms with Crippen molar-refractivity contribution in [1.29, 1.82) is 0 Å². The number of sulfonamides is 1. The maximum Gasteiger partial charge on any atom is 0.264 e. The highest BCUT2D eigenvalue weighted by Gasteiger charge is 2.44. The Morgan fingerprint density at radius 1 is 0.920 bits per heavy atom. The second-order valence-electron chi connectivity index (χ2n) is 15.0. The quantitative estimate of drug-likeness (QED) is 0.358. The lowest BCUT2D eigenvalue weighted by Crippen LogP contribution is -2.52. The zero-order chi connectivity index (χ0) is 35.4. The number of fused-ring (bicyclic) bond motifs is 3. The number of carbonyl (C=O) groups excluding carboxylic acids is 1. The van der Waals surface area contributed by atoms with Gasteiger partial charge in [-0.2, -0.15) is 0 Å². The van der Waals surface area contributed by atoms with Crippen molar-refractivity contribution < 1.29 is 27.4 Å². The molecule has 2 fully saturated rings. The van der Waals surface area contributed by atoms with E-state index in [0.717, 1.165) is 93.8 Å². The number of hydrogen-bond acceptors (Lipinski definition) is 8. The van der Waals surface area contributed by atoms with E-state index in [1.807, 2.05) is 37.3 Å². The molecule has 276 valence electrons. The number of likely N-dealkylation sites (N-methyl/N-ethyl adjacent to an activating group) is 1. The van der Waals surface area contributed by atoms with Gasteiger partial charge in [0.1, 0.15) is 12.4 Å². The van der Waals surface area contributed by atoms with Crippen molar-refractivity contribution in [3.05, 3.63) is 58.1 Å². The highest BCUT2D eigenvalue weighted by molar-refractivity contribution is 7.90. The molecule has 1 aliphatic carbocycles. The summed E-state index contributed by atoms with van der Waals surface area (Å²) in [5.74, 6) is 1.04. The summed E-state index contributed by atoms with van der Waals surface area (Å²) >= 11 is 6.39. The number of nitrogens with zero attached hydrogens (tertiary/aromatic N) is 2. The average molecular weight is 730 g/mol. The van der Waals surface area contributed by atoms with E-state index in [4.69, 9.17) is 25.8 Å². The molecular formula is C39H56ClN3O6S. The Hall–Kier alpha value is -2.37. The van der Waals surface area contributed by atoms with E-state index in [1.165, 1.54) is 5.56 Å². The van der Waals surface area contributed by atoms with Crippen LogP contribution in [0.1, 0.15) is 94.1 Å². The van der Waals surface area contributed by atoms with E-state index in [9.17, 15) is 13.2 Å². The highest BCUT2D eigenvalue weighted by Crippen LogP contribution is 2.46. The SMILES string of the molecule is CCN(CC)C1COC([C@@H]2CCC[C@H](C)[C@@H](C)S(=O)(=O)NC(=O)c3ccc4c(c3)N(CCCCc3cc(Cl)ccc3CO4)C[C@@H]3CC[C@H]32)OC1. The Morgan fingerprint density at radius 2 is 1.70 bits per heavy atom. The average Bonchev–Trinajstić information content (AvgIpc) is 3.12. The molecule has 9 nitrogen and oxygen atoms in total. The van der Waals surface area contributed by atoms with Gasteiger partial charge in [0.15, 0.2) is 6.29 Å². The number of aryl methyl sites for hydroxylation is 1. The normalized spacial score (nSPS) is 30.9. The number of benzene rings is 2. The molecule has 2 aromatic rings. The smallest absolute Gasteiger partial charge is 0.264 e. The number of ether oxygens (including phenoxy) is 3. The van der Waals surface area contributed by atoms with Crippen molar-refractivity contribution in [3.8, 4) is 5.75 Å². The standard InChI is InChI=1S/C39H56ClN3O6S/c1-5-42(6-2)33-24-48-39(49-25-33)35-12-9-10-26(3)27(4)50(45,46)41-38(44)29-15-18-37-36(21-29)43(22-30-14-17-34(30)35)19-8-7-11-28-20-32(40)16-13-31(28)23-47-37/h13,15-16,18,20-21,26-27,30,33-35,39H,5-12,14,17,19,22-25H2,1-4H3,(H,41,44)/t26-,27+,30-,33?,34+,35+,39?/m0/s1. The van der Waals surface area contributed by atoms with Gasteiger partial charge in [0.2, 0.25) is 10.0 Å². The highest BCUT2D eigenvalue weighted by atomic mass is 35.5. The summed E-state index contributed by atoms with van der Waals surface area (Å²) in [5, 5.41) is -0.000902. The zero-order valence-corrected chi connectivity index (χ0v) is 31.8. The van der Waals surface area contributed by atoms with E-state index in [1.54, 1.807) is 13.0 Å². The van der Waals surface area contributed by atoms with Crippen molar-refractivity contribution in [2.75, 3.05) is 44.3 Å². The minimum absolute atomic E-state index is 0.125. The van der Waals surface area contributed by atoms with Crippen LogP contribution in [0.3, 0.4) is 0 Å². The molecule has 0 unspecified atom stereocenters. The van der Waals surface area contributed by atoms with Gasteiger partial charge >= 0.3 is 0 Å². The summed E-state index contributed by atoms with van der Waals surface area (Å²) in [6.07, 6.45) is 7.36. The third-order valence-electron chi connectivity index (χ3n) is 12.0. The Balaban J connectivity index is 1.33. The fraction of sp³-hybridized carbons (Fsp3) is 0.667. The van der Waals surface area contributed by atoms with Gasteiger partial charge in [-0.1, -0.05) is 44.9 Å². The lowest BCUT2D eigenvalue weighted by atomic mass is 9.65. The summed E-state index contributed by atoms with van der Waals surface area (Å²) in [6.45, 7) is 13.3. The first kappa shape index (κ1) is 37.4. The maximum atomic E-state index is 13.5. The van der Waals surface area contributed by atoms with E-state index in [0.29, 0.717) is 43.0 Å². The second kappa shape index (κ2) is 16.5. The number of anilines is 1. The summed E-state index contributed by atoms with van der Waals surface area (Å²) < 4.78 is 49.0. The molecule has 50 heavy (non-hydrogen) atoms. The summed E-state index contributed by atoms with van der Waals surface area (Å²) in [5.41, 5.74) is 3.43. The molecule has 11 heteroatoms. The summed E-state index contributed by atoms with van der Waals surface area (Å²) in [6, 6.07) is 11.6. The third kappa shape index (κ3) is 8.46. The predicted octanol–water partition coefficient (Wildman–Crippen LogP) is 7.06. The van der Waals surface area contributed by atoms with Crippen molar-refractivity contribution in [2.45, 2.75) is 103 Å². The van der Waals surface area contributed by atoms with Crippen LogP contribution in [0.25, 0.3) is 0 Å². The predicted molar refractivity (Wildman–Crippen MR) is 198 cm³/mol. The van der Waals surface area contributed by atoms with Gasteiger partial charge in [-0.25, -0.2) is 13.1 Å². The Labute approximate surface area is 304 Å². The number of carbonyl (C=O) groups is 1. The topological polar surface area (TPSA) is 97.4 Å². The zero-order valence-electron chi connectivity index (χ0n) is 30.2. The largest absolute Gasteiger partial charge is 0.487 e. The van der Waals surface area contributed by atoms with Crippen LogP contribution in [0.2, 0.25) is 5.02 Å². The van der Waals surface area contributed by atoms with Crippen LogP contribution in [-0.4, -0.2) is 76.2 Å². The summed E-state index contributed by atoms with van der Waals surface area (Å²) in [4.78, 5) is 18.3. The molecule has 6 rings (SSSR count). The second-order valence-corrected chi connectivity index (χ2v) is 17.4. The number of hydrogen-bond donors (Lipinski definition) is 1. The lowest BCUT2D eigenvalue weighted by Gasteiger charge is -2.48. The molecule has 0 radical (unpaired) electrons. The van der Waals surface area contributed by atoms with Gasteiger partial charge in [0.05, 0.1) is 30.2 Å². The minimum atomic E-state index is -3.91. The van der Waals surface area contributed by atoms with E-state index >= 15 is 0 Å². The van der Waals surface area contributed by atoms with Crippen molar-refractivity contribution in [3.63, 3.8) is 0 Å². The minimum Gasteiger partial charge on any atom is -0.487 e. The molecule has 1 amide bonds. The molecule has 5 atom stereocenters. The molecular weight excluding hydrogens is 674 g/mol.